The van der Waals surface area contributed by atoms with E-state index in [9.17, 15) is 22.8 Å². The Morgan fingerprint density at radius 2 is 1.78 bits per heavy atom. The Hall–Kier alpha value is -1.70. The topological polar surface area (TPSA) is 58.2 Å². The quantitative estimate of drug-likeness (QED) is 0.805. The molecular weight excluding hydrogens is 329 g/mol. The number of thioether (sulfide) groups is 1. The number of rotatable bonds is 5. The molecular formula is C15H17F3N2O2S. The average Bonchev–Trinajstić information content (AvgIpc) is 3.05. The third kappa shape index (κ3) is 5.16. The van der Waals surface area contributed by atoms with Crippen LogP contribution in [0.15, 0.2) is 24.3 Å². The maximum atomic E-state index is 12.4. The second-order valence-corrected chi connectivity index (χ2v) is 6.43. The molecule has 2 amide bonds. The minimum absolute atomic E-state index is 0.0133. The molecule has 1 fully saturated rings. The second-order valence-electron chi connectivity index (χ2n) is 5.12. The van der Waals surface area contributed by atoms with Gasteiger partial charge in [-0.05, 0) is 42.9 Å². The Labute approximate surface area is 136 Å². The van der Waals surface area contributed by atoms with Crippen LogP contribution in [0.1, 0.15) is 28.8 Å². The number of alkyl halides is 3. The number of carbonyl (C=O) groups excluding carboxylic acids is 2. The first-order valence-corrected chi connectivity index (χ1v) is 8.27. The van der Waals surface area contributed by atoms with Crippen LogP contribution < -0.4 is 10.6 Å². The molecule has 1 atom stereocenters. The molecule has 1 saturated heterocycles. The van der Waals surface area contributed by atoms with Gasteiger partial charge >= 0.3 is 6.18 Å². The molecule has 0 spiro atoms. The van der Waals surface area contributed by atoms with Gasteiger partial charge < -0.3 is 10.6 Å². The summed E-state index contributed by atoms with van der Waals surface area (Å²) in [6.45, 7) is 0.519. The minimum atomic E-state index is -4.42. The summed E-state index contributed by atoms with van der Waals surface area (Å²) in [5.74, 6) is 0.488. The Kier molecular flexibility index (Phi) is 5.92. The zero-order chi connectivity index (χ0) is 16.9. The number of nitrogens with one attached hydrogen (secondary N) is 2. The fourth-order valence-electron chi connectivity index (χ4n) is 2.17. The lowest BCUT2D eigenvalue weighted by Crippen LogP contribution is -2.38. The zero-order valence-corrected chi connectivity index (χ0v) is 13.1. The normalized spacial score (nSPS) is 17.8. The summed E-state index contributed by atoms with van der Waals surface area (Å²) in [6.07, 6.45) is -2.51. The third-order valence-corrected chi connectivity index (χ3v) is 4.78. The number of amides is 2. The highest BCUT2D eigenvalue weighted by Gasteiger charge is 2.30. The summed E-state index contributed by atoms with van der Waals surface area (Å²) >= 11 is 1.62. The number of benzene rings is 1. The molecule has 126 valence electrons. The summed E-state index contributed by atoms with van der Waals surface area (Å²) in [5.41, 5.74) is -0.647. The van der Waals surface area contributed by atoms with Crippen LogP contribution in [0.5, 0.6) is 0 Å². The molecule has 1 aliphatic heterocycles. The van der Waals surface area contributed by atoms with Gasteiger partial charge in [-0.2, -0.15) is 13.2 Å². The Morgan fingerprint density at radius 3 is 2.35 bits per heavy atom. The summed E-state index contributed by atoms with van der Waals surface area (Å²) in [7, 11) is 0. The monoisotopic (exact) mass is 346 g/mol. The molecule has 8 heteroatoms. The maximum Gasteiger partial charge on any atom is 0.416 e. The Morgan fingerprint density at radius 1 is 1.13 bits per heavy atom. The summed E-state index contributed by atoms with van der Waals surface area (Å²) in [5, 5.41) is 5.29. The SMILES string of the molecule is O=C(NCCNC(=O)[C@@H]1CCCS1)c1ccc(C(F)(F)F)cc1. The van der Waals surface area contributed by atoms with Crippen molar-refractivity contribution in [3.05, 3.63) is 35.4 Å². The predicted octanol–water partition coefficient (Wildman–Crippen LogP) is 2.45. The van der Waals surface area contributed by atoms with E-state index in [0.717, 1.165) is 42.9 Å². The van der Waals surface area contributed by atoms with Crippen LogP contribution in [0, 0.1) is 0 Å². The van der Waals surface area contributed by atoms with Gasteiger partial charge in [0.05, 0.1) is 10.8 Å². The van der Waals surface area contributed by atoms with E-state index in [0.29, 0.717) is 6.54 Å². The van der Waals surface area contributed by atoms with Gasteiger partial charge in [-0.25, -0.2) is 0 Å². The molecule has 4 nitrogen and oxygen atoms in total. The van der Waals surface area contributed by atoms with Gasteiger partial charge in [0, 0.05) is 18.7 Å². The largest absolute Gasteiger partial charge is 0.416 e. The molecule has 23 heavy (non-hydrogen) atoms. The number of carbonyl (C=O) groups is 2. The number of hydrogen-bond acceptors (Lipinski definition) is 3. The summed E-state index contributed by atoms with van der Waals surface area (Å²) in [6, 6.07) is 4.00. The lowest BCUT2D eigenvalue weighted by Gasteiger charge is -2.11. The minimum Gasteiger partial charge on any atom is -0.353 e. The molecule has 0 unspecified atom stereocenters. The van der Waals surface area contributed by atoms with Crippen molar-refractivity contribution in [3.8, 4) is 0 Å². The van der Waals surface area contributed by atoms with Crippen LogP contribution in [0.2, 0.25) is 0 Å². The van der Waals surface area contributed by atoms with E-state index in [1.165, 1.54) is 0 Å². The Balaban J connectivity index is 1.73. The van der Waals surface area contributed by atoms with Gasteiger partial charge in [-0.3, -0.25) is 9.59 Å². The van der Waals surface area contributed by atoms with Crippen molar-refractivity contribution in [2.45, 2.75) is 24.3 Å². The van der Waals surface area contributed by atoms with Gasteiger partial charge in [-0.1, -0.05) is 0 Å². The molecule has 2 N–H and O–H groups in total. The van der Waals surface area contributed by atoms with Crippen molar-refractivity contribution in [1.82, 2.24) is 10.6 Å². The molecule has 0 radical (unpaired) electrons. The van der Waals surface area contributed by atoms with E-state index in [2.05, 4.69) is 10.6 Å². The van der Waals surface area contributed by atoms with E-state index in [4.69, 9.17) is 0 Å². The highest BCUT2D eigenvalue weighted by Crippen LogP contribution is 2.29. The van der Waals surface area contributed by atoms with Crippen molar-refractivity contribution >= 4 is 23.6 Å². The van der Waals surface area contributed by atoms with Crippen molar-refractivity contribution in [3.63, 3.8) is 0 Å². The van der Waals surface area contributed by atoms with E-state index in [1.54, 1.807) is 11.8 Å². The zero-order valence-electron chi connectivity index (χ0n) is 12.3. The number of hydrogen-bond donors (Lipinski definition) is 2. The van der Waals surface area contributed by atoms with E-state index < -0.39 is 17.6 Å². The highest BCUT2D eigenvalue weighted by atomic mass is 32.2. The summed E-state index contributed by atoms with van der Waals surface area (Å²) in [4.78, 5) is 23.5. The molecule has 1 aliphatic rings. The van der Waals surface area contributed by atoms with Crippen molar-refractivity contribution in [1.29, 1.82) is 0 Å². The second kappa shape index (κ2) is 7.72. The molecule has 1 aromatic rings. The first kappa shape index (κ1) is 17.7. The molecule has 0 aromatic heterocycles. The predicted molar refractivity (Wildman–Crippen MR) is 82.3 cm³/mol. The molecule has 0 aliphatic carbocycles. The van der Waals surface area contributed by atoms with Crippen molar-refractivity contribution < 1.29 is 22.8 Å². The Bertz CT molecular complexity index is 555. The van der Waals surface area contributed by atoms with Gasteiger partial charge in [0.15, 0.2) is 0 Å². The van der Waals surface area contributed by atoms with Crippen LogP contribution >= 0.6 is 11.8 Å². The number of halogens is 3. The fourth-order valence-corrected chi connectivity index (χ4v) is 3.36. The molecule has 0 bridgehead atoms. The fraction of sp³-hybridized carbons (Fsp3) is 0.467. The molecule has 0 saturated carbocycles. The molecule has 1 heterocycles. The molecule has 2 rings (SSSR count). The van der Waals surface area contributed by atoms with Crippen LogP contribution in [0.4, 0.5) is 13.2 Å². The van der Waals surface area contributed by atoms with E-state index in [-0.39, 0.29) is 23.3 Å². The lowest BCUT2D eigenvalue weighted by molar-refractivity contribution is -0.137. The van der Waals surface area contributed by atoms with Crippen molar-refractivity contribution in [2.24, 2.45) is 0 Å². The summed E-state index contributed by atoms with van der Waals surface area (Å²) < 4.78 is 37.3. The standard InChI is InChI=1S/C15H17F3N2O2S/c16-15(17,18)11-5-3-10(4-6-11)13(21)19-7-8-20-14(22)12-2-1-9-23-12/h3-6,12H,1-2,7-9H2,(H,19,21)(H,20,22)/t12-/m0/s1. The molecule has 1 aromatic carbocycles. The van der Waals surface area contributed by atoms with Crippen LogP contribution in [0.25, 0.3) is 0 Å². The van der Waals surface area contributed by atoms with Gasteiger partial charge in [0.25, 0.3) is 5.91 Å². The maximum absolute atomic E-state index is 12.4. The average molecular weight is 346 g/mol. The lowest BCUT2D eigenvalue weighted by atomic mass is 10.1. The van der Waals surface area contributed by atoms with Crippen LogP contribution in [-0.4, -0.2) is 35.9 Å². The highest BCUT2D eigenvalue weighted by molar-refractivity contribution is 8.00. The van der Waals surface area contributed by atoms with Crippen molar-refractivity contribution in [2.75, 3.05) is 18.8 Å². The van der Waals surface area contributed by atoms with E-state index in [1.807, 2.05) is 0 Å². The van der Waals surface area contributed by atoms with Crippen LogP contribution in [0.3, 0.4) is 0 Å². The smallest absolute Gasteiger partial charge is 0.353 e. The van der Waals surface area contributed by atoms with E-state index >= 15 is 0 Å². The first-order chi connectivity index (χ1) is 10.9. The van der Waals surface area contributed by atoms with Crippen LogP contribution in [-0.2, 0) is 11.0 Å². The third-order valence-electron chi connectivity index (χ3n) is 3.41. The van der Waals surface area contributed by atoms with Gasteiger partial charge in [0.1, 0.15) is 0 Å². The first-order valence-electron chi connectivity index (χ1n) is 7.22. The van der Waals surface area contributed by atoms with Gasteiger partial charge in [0.2, 0.25) is 5.91 Å². The van der Waals surface area contributed by atoms with Gasteiger partial charge in [-0.15, -0.1) is 11.8 Å².